The van der Waals surface area contributed by atoms with E-state index in [2.05, 4.69) is 15.1 Å². The number of amides is 1. The predicted molar refractivity (Wildman–Crippen MR) is 79.7 cm³/mol. The Kier molecular flexibility index (Phi) is 3.61. The molecule has 1 aliphatic rings. The topological polar surface area (TPSA) is 63.9 Å². The Morgan fingerprint density at radius 2 is 1.90 bits per heavy atom. The van der Waals surface area contributed by atoms with Crippen LogP contribution < -0.4 is 0 Å². The molecule has 1 saturated heterocycles. The first-order valence-corrected chi connectivity index (χ1v) is 7.50. The van der Waals surface area contributed by atoms with E-state index >= 15 is 0 Å². The highest BCUT2D eigenvalue weighted by Gasteiger charge is 2.28. The number of rotatable bonds is 2. The van der Waals surface area contributed by atoms with Crippen LogP contribution in [0.25, 0.3) is 11.2 Å². The zero-order valence-electron chi connectivity index (χ0n) is 12.8. The molecule has 0 atom stereocenters. The van der Waals surface area contributed by atoms with Crippen LogP contribution in [0.4, 0.5) is 0 Å². The van der Waals surface area contributed by atoms with Gasteiger partial charge in [0.2, 0.25) is 5.91 Å². The van der Waals surface area contributed by atoms with Crippen molar-refractivity contribution in [1.82, 2.24) is 24.6 Å². The second kappa shape index (κ2) is 5.42. The summed E-state index contributed by atoms with van der Waals surface area (Å²) >= 11 is 0. The Balaban J connectivity index is 1.79. The first kappa shape index (κ1) is 14.0. The Labute approximate surface area is 124 Å². The van der Waals surface area contributed by atoms with Crippen molar-refractivity contribution in [3.8, 4) is 0 Å². The van der Waals surface area contributed by atoms with Gasteiger partial charge >= 0.3 is 0 Å². The van der Waals surface area contributed by atoms with Crippen molar-refractivity contribution in [2.24, 2.45) is 13.0 Å². The van der Waals surface area contributed by atoms with Crippen LogP contribution in [0.1, 0.15) is 38.3 Å². The molecule has 21 heavy (non-hydrogen) atoms. The molecule has 3 heterocycles. The largest absolute Gasteiger partial charge is 0.342 e. The predicted octanol–water partition coefficient (Wildman–Crippen LogP) is 1.73. The molecule has 2 aromatic heterocycles. The highest BCUT2D eigenvalue weighted by Crippen LogP contribution is 2.31. The molecule has 0 saturated carbocycles. The number of aromatic nitrogens is 4. The highest BCUT2D eigenvalue weighted by molar-refractivity contribution is 5.78. The molecule has 1 amide bonds. The smallest absolute Gasteiger partial charge is 0.225 e. The Bertz CT molecular complexity index is 655. The van der Waals surface area contributed by atoms with Crippen molar-refractivity contribution in [3.05, 3.63) is 18.1 Å². The van der Waals surface area contributed by atoms with Crippen LogP contribution in [-0.2, 0) is 11.8 Å². The first-order valence-electron chi connectivity index (χ1n) is 7.50. The molecule has 0 aliphatic carbocycles. The maximum atomic E-state index is 12.0. The average molecular weight is 287 g/mol. The lowest BCUT2D eigenvalue weighted by Gasteiger charge is -2.32. The summed E-state index contributed by atoms with van der Waals surface area (Å²) in [6, 6.07) is 0. The molecule has 2 aromatic rings. The third kappa shape index (κ3) is 2.50. The van der Waals surface area contributed by atoms with Crippen molar-refractivity contribution in [2.75, 3.05) is 13.1 Å². The molecule has 1 aliphatic heterocycles. The van der Waals surface area contributed by atoms with Gasteiger partial charge in [0.25, 0.3) is 0 Å². The summed E-state index contributed by atoms with van der Waals surface area (Å²) in [6.07, 6.45) is 5.30. The number of carbonyl (C=O) groups is 1. The number of hydrogen-bond acceptors (Lipinski definition) is 4. The Hall–Kier alpha value is -1.98. The van der Waals surface area contributed by atoms with E-state index in [0.717, 1.165) is 42.8 Å². The molecule has 0 spiro atoms. The summed E-state index contributed by atoms with van der Waals surface area (Å²) in [5, 5.41) is 4.61. The Morgan fingerprint density at radius 3 is 2.57 bits per heavy atom. The summed E-state index contributed by atoms with van der Waals surface area (Å²) in [5.74, 6) is 0.684. The van der Waals surface area contributed by atoms with E-state index in [-0.39, 0.29) is 11.8 Å². The van der Waals surface area contributed by atoms with Crippen LogP contribution in [0, 0.1) is 5.92 Å². The highest BCUT2D eigenvalue weighted by atomic mass is 16.2. The minimum absolute atomic E-state index is 0.0723. The number of nitrogens with zero attached hydrogens (tertiary/aromatic N) is 5. The third-order valence-electron chi connectivity index (χ3n) is 4.17. The van der Waals surface area contributed by atoms with Crippen LogP contribution in [0.2, 0.25) is 0 Å². The molecule has 0 N–H and O–H groups in total. The summed E-state index contributed by atoms with van der Waals surface area (Å²) in [7, 11) is 1.90. The number of fused-ring (bicyclic) bond motifs is 1. The van der Waals surface area contributed by atoms with Crippen LogP contribution in [0.5, 0.6) is 0 Å². The molecule has 112 valence electrons. The Morgan fingerprint density at radius 1 is 1.24 bits per heavy atom. The standard InChI is InChI=1S/C15H21N5O/c1-10(2)15(21)20-8-4-11(5-9-20)12-13-14(19(3)18-12)17-7-6-16-13/h6-7,10-11H,4-5,8-9H2,1-3H3. The molecule has 0 radical (unpaired) electrons. The lowest BCUT2D eigenvalue weighted by molar-refractivity contribution is -0.135. The van der Waals surface area contributed by atoms with Crippen molar-refractivity contribution < 1.29 is 4.79 Å². The number of likely N-dealkylation sites (tertiary alicyclic amines) is 1. The van der Waals surface area contributed by atoms with Gasteiger partial charge < -0.3 is 4.90 Å². The molecule has 3 rings (SSSR count). The minimum atomic E-state index is 0.0723. The minimum Gasteiger partial charge on any atom is -0.342 e. The zero-order valence-corrected chi connectivity index (χ0v) is 12.8. The van der Waals surface area contributed by atoms with Crippen LogP contribution in [0.3, 0.4) is 0 Å². The number of piperidine rings is 1. The summed E-state index contributed by atoms with van der Waals surface area (Å²) in [6.45, 7) is 5.52. The lowest BCUT2D eigenvalue weighted by Crippen LogP contribution is -2.40. The summed E-state index contributed by atoms with van der Waals surface area (Å²) < 4.78 is 1.79. The molecule has 6 heteroatoms. The molecule has 6 nitrogen and oxygen atoms in total. The fourth-order valence-corrected chi connectivity index (χ4v) is 3.02. The molecule has 1 fully saturated rings. The van der Waals surface area contributed by atoms with Crippen molar-refractivity contribution in [2.45, 2.75) is 32.6 Å². The van der Waals surface area contributed by atoms with Crippen LogP contribution in [0.15, 0.2) is 12.4 Å². The van der Waals surface area contributed by atoms with Gasteiger partial charge in [-0.3, -0.25) is 4.79 Å². The van der Waals surface area contributed by atoms with Crippen molar-refractivity contribution >= 4 is 17.1 Å². The zero-order chi connectivity index (χ0) is 15.0. The molecular weight excluding hydrogens is 266 g/mol. The average Bonchev–Trinajstić information content (AvgIpc) is 2.84. The fraction of sp³-hybridized carbons (Fsp3) is 0.600. The van der Waals surface area contributed by atoms with Crippen molar-refractivity contribution in [3.63, 3.8) is 0 Å². The van der Waals surface area contributed by atoms with E-state index in [0.29, 0.717) is 5.92 Å². The van der Waals surface area contributed by atoms with Gasteiger partial charge in [0, 0.05) is 44.4 Å². The molecular formula is C15H21N5O. The monoisotopic (exact) mass is 287 g/mol. The second-order valence-electron chi connectivity index (χ2n) is 5.99. The third-order valence-corrected chi connectivity index (χ3v) is 4.17. The lowest BCUT2D eigenvalue weighted by atomic mass is 9.92. The van der Waals surface area contributed by atoms with Crippen LogP contribution in [-0.4, -0.2) is 43.6 Å². The van der Waals surface area contributed by atoms with Gasteiger partial charge in [-0.15, -0.1) is 0 Å². The van der Waals surface area contributed by atoms with E-state index in [9.17, 15) is 4.79 Å². The molecule has 0 aromatic carbocycles. The first-order chi connectivity index (χ1) is 10.1. The molecule has 0 bridgehead atoms. The normalized spacial score (nSPS) is 16.9. The van der Waals surface area contributed by atoms with Gasteiger partial charge in [0.15, 0.2) is 5.65 Å². The SMILES string of the molecule is CC(C)C(=O)N1CCC(c2nn(C)c3nccnc23)CC1. The molecule has 0 unspecified atom stereocenters. The van der Waals surface area contributed by atoms with Gasteiger partial charge in [-0.05, 0) is 12.8 Å². The second-order valence-corrected chi connectivity index (χ2v) is 5.99. The van der Waals surface area contributed by atoms with E-state index in [4.69, 9.17) is 0 Å². The number of hydrogen-bond donors (Lipinski definition) is 0. The number of aryl methyl sites for hydroxylation is 1. The van der Waals surface area contributed by atoms with Gasteiger partial charge in [-0.2, -0.15) is 5.10 Å². The van der Waals surface area contributed by atoms with E-state index in [1.54, 1.807) is 17.1 Å². The van der Waals surface area contributed by atoms with Gasteiger partial charge in [-0.25, -0.2) is 14.6 Å². The maximum Gasteiger partial charge on any atom is 0.225 e. The fourth-order valence-electron chi connectivity index (χ4n) is 3.02. The van der Waals surface area contributed by atoms with Gasteiger partial charge in [0.1, 0.15) is 5.52 Å². The van der Waals surface area contributed by atoms with Gasteiger partial charge in [0.05, 0.1) is 5.69 Å². The summed E-state index contributed by atoms with van der Waals surface area (Å²) in [5.41, 5.74) is 2.75. The maximum absolute atomic E-state index is 12.0. The van der Waals surface area contributed by atoms with E-state index in [1.807, 2.05) is 25.8 Å². The van der Waals surface area contributed by atoms with E-state index in [1.165, 1.54) is 0 Å². The van der Waals surface area contributed by atoms with E-state index < -0.39 is 0 Å². The van der Waals surface area contributed by atoms with Crippen molar-refractivity contribution in [1.29, 1.82) is 0 Å². The quantitative estimate of drug-likeness (QED) is 0.843. The van der Waals surface area contributed by atoms with Crippen LogP contribution >= 0.6 is 0 Å². The number of carbonyl (C=O) groups excluding carboxylic acids is 1. The summed E-state index contributed by atoms with van der Waals surface area (Å²) in [4.78, 5) is 22.8. The van der Waals surface area contributed by atoms with Gasteiger partial charge in [-0.1, -0.05) is 13.8 Å².